The van der Waals surface area contributed by atoms with E-state index in [1.54, 1.807) is 8.61 Å². The van der Waals surface area contributed by atoms with Gasteiger partial charge in [-0.05, 0) is 37.8 Å². The first-order valence-corrected chi connectivity index (χ1v) is 10.6. The Kier molecular flexibility index (Phi) is 5.86. The van der Waals surface area contributed by atoms with Gasteiger partial charge in [0, 0.05) is 39.3 Å². The first-order chi connectivity index (χ1) is 12.0. The van der Waals surface area contributed by atoms with Gasteiger partial charge in [0.05, 0.1) is 12.3 Å². The Labute approximate surface area is 151 Å². The summed E-state index contributed by atoms with van der Waals surface area (Å²) in [6, 6.07) is 7.97. The van der Waals surface area contributed by atoms with Gasteiger partial charge >= 0.3 is 0 Å². The largest absolute Gasteiger partial charge is 0.492 e. The predicted octanol–water partition coefficient (Wildman–Crippen LogP) is 2.18. The average molecular weight is 368 g/mol. The minimum absolute atomic E-state index is 0.447. The SMILES string of the molecule is CCOc1ccccc1N1CCN(S(=O)(=O)N2CCC[C@H](C)C2)CC1. The normalized spacial score (nSPS) is 23.6. The maximum Gasteiger partial charge on any atom is 0.282 e. The smallest absolute Gasteiger partial charge is 0.282 e. The summed E-state index contributed by atoms with van der Waals surface area (Å²) in [6.07, 6.45) is 2.08. The Morgan fingerprint density at radius 1 is 1.08 bits per heavy atom. The molecule has 140 valence electrons. The number of benzene rings is 1. The van der Waals surface area contributed by atoms with Gasteiger partial charge in [0.1, 0.15) is 5.75 Å². The van der Waals surface area contributed by atoms with Crippen molar-refractivity contribution in [3.05, 3.63) is 24.3 Å². The van der Waals surface area contributed by atoms with Crippen LogP contribution in [0.2, 0.25) is 0 Å². The summed E-state index contributed by atoms with van der Waals surface area (Å²) < 4.78 is 34.8. The van der Waals surface area contributed by atoms with Crippen molar-refractivity contribution < 1.29 is 13.2 Å². The highest BCUT2D eigenvalue weighted by Gasteiger charge is 2.34. The number of piperazine rings is 1. The van der Waals surface area contributed by atoms with Gasteiger partial charge in [0.2, 0.25) is 0 Å². The fourth-order valence-electron chi connectivity index (χ4n) is 3.67. The van der Waals surface area contributed by atoms with Crippen LogP contribution < -0.4 is 9.64 Å². The van der Waals surface area contributed by atoms with Crippen molar-refractivity contribution >= 4 is 15.9 Å². The average Bonchev–Trinajstić information content (AvgIpc) is 2.63. The number of anilines is 1. The molecule has 1 aromatic carbocycles. The van der Waals surface area contributed by atoms with Gasteiger partial charge in [-0.25, -0.2) is 0 Å². The Morgan fingerprint density at radius 2 is 1.80 bits per heavy atom. The van der Waals surface area contributed by atoms with E-state index >= 15 is 0 Å². The molecule has 1 aromatic rings. The lowest BCUT2D eigenvalue weighted by atomic mass is 10.0. The quantitative estimate of drug-likeness (QED) is 0.800. The number of rotatable bonds is 5. The van der Waals surface area contributed by atoms with Crippen LogP contribution in [0.15, 0.2) is 24.3 Å². The van der Waals surface area contributed by atoms with Crippen LogP contribution in [0.1, 0.15) is 26.7 Å². The van der Waals surface area contributed by atoms with Crippen LogP contribution >= 0.6 is 0 Å². The Hall–Kier alpha value is -1.31. The van der Waals surface area contributed by atoms with Crippen molar-refractivity contribution in [2.75, 3.05) is 50.8 Å². The minimum Gasteiger partial charge on any atom is -0.492 e. The molecule has 2 fully saturated rings. The lowest BCUT2D eigenvalue weighted by molar-refractivity contribution is 0.254. The lowest BCUT2D eigenvalue weighted by Crippen LogP contribution is -2.54. The third-order valence-electron chi connectivity index (χ3n) is 5.02. The number of hydrogen-bond donors (Lipinski definition) is 0. The van der Waals surface area contributed by atoms with Crippen molar-refractivity contribution in [1.82, 2.24) is 8.61 Å². The molecular weight excluding hydrogens is 338 g/mol. The molecule has 0 aliphatic carbocycles. The molecule has 0 aromatic heterocycles. The zero-order chi connectivity index (χ0) is 17.9. The molecule has 2 aliphatic rings. The molecule has 0 radical (unpaired) electrons. The zero-order valence-corrected chi connectivity index (χ0v) is 16.0. The molecule has 2 saturated heterocycles. The fraction of sp³-hybridized carbons (Fsp3) is 0.667. The van der Waals surface area contributed by atoms with E-state index in [-0.39, 0.29) is 0 Å². The monoisotopic (exact) mass is 367 g/mol. The van der Waals surface area contributed by atoms with Crippen LogP contribution in [0.25, 0.3) is 0 Å². The van der Waals surface area contributed by atoms with Crippen LogP contribution in [0.3, 0.4) is 0 Å². The zero-order valence-electron chi connectivity index (χ0n) is 15.2. The van der Waals surface area contributed by atoms with Gasteiger partial charge < -0.3 is 9.64 Å². The van der Waals surface area contributed by atoms with Crippen LogP contribution in [0.5, 0.6) is 5.75 Å². The molecular formula is C18H29N3O3S. The number of para-hydroxylation sites is 2. The maximum atomic E-state index is 12.9. The molecule has 0 saturated carbocycles. The van der Waals surface area contributed by atoms with Crippen molar-refractivity contribution in [3.63, 3.8) is 0 Å². The summed E-state index contributed by atoms with van der Waals surface area (Å²) in [5, 5.41) is 0. The highest BCUT2D eigenvalue weighted by atomic mass is 32.2. The van der Waals surface area contributed by atoms with E-state index in [0.29, 0.717) is 51.8 Å². The van der Waals surface area contributed by atoms with E-state index in [0.717, 1.165) is 24.3 Å². The number of piperidine rings is 1. The van der Waals surface area contributed by atoms with E-state index < -0.39 is 10.2 Å². The van der Waals surface area contributed by atoms with E-state index in [2.05, 4.69) is 11.8 Å². The van der Waals surface area contributed by atoms with Gasteiger partial charge in [-0.3, -0.25) is 0 Å². The summed E-state index contributed by atoms with van der Waals surface area (Å²) in [6.45, 7) is 8.44. The second-order valence-corrected chi connectivity index (χ2v) is 8.83. The third kappa shape index (κ3) is 4.10. The summed E-state index contributed by atoms with van der Waals surface area (Å²) in [7, 11) is -3.34. The third-order valence-corrected chi connectivity index (χ3v) is 7.02. The van der Waals surface area contributed by atoms with Crippen LogP contribution in [0.4, 0.5) is 5.69 Å². The van der Waals surface area contributed by atoms with Crippen molar-refractivity contribution in [1.29, 1.82) is 0 Å². The number of nitrogens with zero attached hydrogens (tertiary/aromatic N) is 3. The summed E-state index contributed by atoms with van der Waals surface area (Å²) in [4.78, 5) is 2.22. The van der Waals surface area contributed by atoms with Crippen molar-refractivity contribution in [3.8, 4) is 5.75 Å². The van der Waals surface area contributed by atoms with Gasteiger partial charge in [-0.15, -0.1) is 0 Å². The van der Waals surface area contributed by atoms with Crippen LogP contribution in [-0.2, 0) is 10.2 Å². The molecule has 0 spiro atoms. The van der Waals surface area contributed by atoms with Gasteiger partial charge in [-0.2, -0.15) is 17.0 Å². The highest BCUT2D eigenvalue weighted by molar-refractivity contribution is 7.86. The Bertz CT molecular complexity index is 672. The van der Waals surface area contributed by atoms with Gasteiger partial charge in [0.25, 0.3) is 10.2 Å². The molecule has 2 aliphatic heterocycles. The van der Waals surface area contributed by atoms with E-state index in [9.17, 15) is 8.42 Å². The number of hydrogen-bond acceptors (Lipinski definition) is 4. The molecule has 25 heavy (non-hydrogen) atoms. The molecule has 1 atom stereocenters. The number of ether oxygens (including phenoxy) is 1. The van der Waals surface area contributed by atoms with E-state index in [1.165, 1.54) is 0 Å². The summed E-state index contributed by atoms with van der Waals surface area (Å²) in [5.74, 6) is 1.31. The van der Waals surface area contributed by atoms with Crippen LogP contribution in [-0.4, -0.2) is 62.9 Å². The molecule has 3 rings (SSSR count). The molecule has 0 N–H and O–H groups in total. The molecule has 0 unspecified atom stereocenters. The van der Waals surface area contributed by atoms with Crippen LogP contribution in [0, 0.1) is 5.92 Å². The lowest BCUT2D eigenvalue weighted by Gasteiger charge is -2.39. The van der Waals surface area contributed by atoms with E-state index in [1.807, 2.05) is 31.2 Å². The standard InChI is InChI=1S/C18H29N3O3S/c1-3-24-18-9-5-4-8-17(18)19-11-13-20(14-12-19)25(22,23)21-10-6-7-16(2)15-21/h4-5,8-9,16H,3,6-7,10-15H2,1-2H3/t16-/m0/s1. The molecule has 0 bridgehead atoms. The minimum atomic E-state index is -3.34. The maximum absolute atomic E-state index is 12.9. The first kappa shape index (κ1) is 18.5. The molecule has 2 heterocycles. The second-order valence-electron chi connectivity index (χ2n) is 6.90. The van der Waals surface area contributed by atoms with Gasteiger partial charge in [0.15, 0.2) is 0 Å². The Morgan fingerprint density at radius 3 is 2.48 bits per heavy atom. The molecule has 7 heteroatoms. The van der Waals surface area contributed by atoms with Crippen molar-refractivity contribution in [2.45, 2.75) is 26.7 Å². The molecule has 6 nitrogen and oxygen atoms in total. The second kappa shape index (κ2) is 7.93. The first-order valence-electron chi connectivity index (χ1n) is 9.24. The topological polar surface area (TPSA) is 53.1 Å². The van der Waals surface area contributed by atoms with Crippen molar-refractivity contribution in [2.24, 2.45) is 5.92 Å². The van der Waals surface area contributed by atoms with Gasteiger partial charge in [-0.1, -0.05) is 19.1 Å². The highest BCUT2D eigenvalue weighted by Crippen LogP contribution is 2.29. The molecule has 0 amide bonds. The fourth-order valence-corrected chi connectivity index (χ4v) is 5.43. The van der Waals surface area contributed by atoms with E-state index in [4.69, 9.17) is 4.74 Å². The predicted molar refractivity (Wildman–Crippen MR) is 100 cm³/mol. The summed E-state index contributed by atoms with van der Waals surface area (Å²) >= 11 is 0. The Balaban J connectivity index is 1.65. The summed E-state index contributed by atoms with van der Waals surface area (Å²) in [5.41, 5.74) is 1.05.